The van der Waals surface area contributed by atoms with Crippen molar-refractivity contribution in [3.05, 3.63) is 36.5 Å². The fraction of sp³-hybridized carbons (Fsp3) is 0.533. The lowest BCUT2D eigenvalue weighted by Gasteiger charge is -2.10. The molecule has 1 N–H and O–H groups in total. The van der Waals surface area contributed by atoms with E-state index < -0.39 is 0 Å². The number of hydrogen-bond acceptors (Lipinski definition) is 3. The standard InChI is InChI=1S/C15H25NO2/c1-5-8-14(12-15(17)18-7-3)13(4)9-11-16-10-6-2/h5,8,16H,1,4,6-7,9-12H2,2-3H3/b14-8-. The number of carbonyl (C=O) groups is 1. The Bertz CT molecular complexity index is 306. The van der Waals surface area contributed by atoms with Crippen LogP contribution in [0.4, 0.5) is 0 Å². The van der Waals surface area contributed by atoms with Gasteiger partial charge in [-0.25, -0.2) is 0 Å². The quantitative estimate of drug-likeness (QED) is 0.368. The van der Waals surface area contributed by atoms with E-state index in [0.717, 1.165) is 37.1 Å². The van der Waals surface area contributed by atoms with Crippen LogP contribution in [0.25, 0.3) is 0 Å². The minimum atomic E-state index is -0.215. The van der Waals surface area contributed by atoms with E-state index in [9.17, 15) is 4.79 Å². The van der Waals surface area contributed by atoms with Crippen LogP contribution < -0.4 is 5.32 Å². The Morgan fingerprint density at radius 1 is 1.33 bits per heavy atom. The molecule has 102 valence electrons. The lowest BCUT2D eigenvalue weighted by molar-refractivity contribution is -0.142. The fourth-order valence-corrected chi connectivity index (χ4v) is 1.51. The summed E-state index contributed by atoms with van der Waals surface area (Å²) in [5, 5.41) is 3.31. The number of allylic oxidation sites excluding steroid dienone is 2. The summed E-state index contributed by atoms with van der Waals surface area (Å²) in [4.78, 5) is 11.5. The molecule has 0 saturated carbocycles. The molecule has 0 saturated heterocycles. The molecule has 18 heavy (non-hydrogen) atoms. The highest BCUT2D eigenvalue weighted by atomic mass is 16.5. The van der Waals surface area contributed by atoms with Crippen molar-refractivity contribution in [3.8, 4) is 0 Å². The molecule has 3 heteroatoms. The van der Waals surface area contributed by atoms with Crippen molar-refractivity contribution in [3.63, 3.8) is 0 Å². The summed E-state index contributed by atoms with van der Waals surface area (Å²) in [6.45, 7) is 13.9. The second-order valence-electron chi connectivity index (χ2n) is 4.01. The molecule has 0 aliphatic carbocycles. The van der Waals surface area contributed by atoms with Gasteiger partial charge in [0.15, 0.2) is 0 Å². The average molecular weight is 251 g/mol. The fourth-order valence-electron chi connectivity index (χ4n) is 1.51. The van der Waals surface area contributed by atoms with Crippen molar-refractivity contribution in [2.24, 2.45) is 0 Å². The van der Waals surface area contributed by atoms with Gasteiger partial charge in [-0.2, -0.15) is 0 Å². The molecule has 0 spiro atoms. The number of carbonyl (C=O) groups excluding carboxylic acids is 1. The van der Waals surface area contributed by atoms with Crippen LogP contribution in [0.3, 0.4) is 0 Å². The third-order valence-corrected chi connectivity index (χ3v) is 2.44. The van der Waals surface area contributed by atoms with E-state index in [-0.39, 0.29) is 12.4 Å². The Hall–Kier alpha value is -1.35. The first kappa shape index (κ1) is 16.6. The molecular weight excluding hydrogens is 226 g/mol. The molecule has 0 amide bonds. The maximum absolute atomic E-state index is 11.5. The Morgan fingerprint density at radius 3 is 2.61 bits per heavy atom. The van der Waals surface area contributed by atoms with Gasteiger partial charge in [-0.05, 0) is 38.4 Å². The molecule has 0 aromatic carbocycles. The average Bonchev–Trinajstić information content (AvgIpc) is 2.34. The van der Waals surface area contributed by atoms with Gasteiger partial charge in [-0.1, -0.05) is 37.8 Å². The summed E-state index contributed by atoms with van der Waals surface area (Å²) < 4.78 is 4.94. The van der Waals surface area contributed by atoms with E-state index in [1.807, 2.05) is 6.08 Å². The lowest BCUT2D eigenvalue weighted by Crippen LogP contribution is -2.17. The molecule has 0 rings (SSSR count). The predicted octanol–water partition coefficient (Wildman–Crippen LogP) is 3.00. The van der Waals surface area contributed by atoms with Crippen molar-refractivity contribution in [1.29, 1.82) is 0 Å². The Kier molecular flexibility index (Phi) is 9.97. The summed E-state index contributed by atoms with van der Waals surface area (Å²) in [6.07, 6.45) is 5.73. The molecule has 0 aliphatic heterocycles. The molecule has 0 atom stereocenters. The van der Waals surface area contributed by atoms with E-state index in [1.165, 1.54) is 0 Å². The molecule has 0 unspecified atom stereocenters. The third-order valence-electron chi connectivity index (χ3n) is 2.44. The van der Waals surface area contributed by atoms with Crippen LogP contribution in [0, 0.1) is 0 Å². The zero-order valence-electron chi connectivity index (χ0n) is 11.6. The van der Waals surface area contributed by atoms with Crippen LogP contribution >= 0.6 is 0 Å². The third kappa shape index (κ3) is 7.85. The zero-order valence-corrected chi connectivity index (χ0v) is 11.6. The molecule has 0 aliphatic rings. The van der Waals surface area contributed by atoms with Crippen LogP contribution in [0.15, 0.2) is 36.5 Å². The maximum Gasteiger partial charge on any atom is 0.310 e. The molecule has 0 fully saturated rings. The van der Waals surface area contributed by atoms with Crippen LogP contribution in [0.1, 0.15) is 33.1 Å². The predicted molar refractivity (Wildman–Crippen MR) is 76.4 cm³/mol. The molecule has 0 aromatic heterocycles. The summed E-state index contributed by atoms with van der Waals surface area (Å²) in [6, 6.07) is 0. The van der Waals surface area contributed by atoms with Gasteiger partial charge in [0.2, 0.25) is 0 Å². The lowest BCUT2D eigenvalue weighted by atomic mass is 10.0. The van der Waals surface area contributed by atoms with E-state index in [2.05, 4.69) is 25.4 Å². The molecule has 0 heterocycles. The Morgan fingerprint density at radius 2 is 2.06 bits per heavy atom. The van der Waals surface area contributed by atoms with E-state index in [0.29, 0.717) is 6.61 Å². The molecule has 0 aromatic rings. The van der Waals surface area contributed by atoms with Crippen LogP contribution in [0.5, 0.6) is 0 Å². The van der Waals surface area contributed by atoms with Crippen molar-refractivity contribution < 1.29 is 9.53 Å². The van der Waals surface area contributed by atoms with Crippen molar-refractivity contribution in [1.82, 2.24) is 5.32 Å². The highest BCUT2D eigenvalue weighted by Crippen LogP contribution is 2.16. The molecule has 0 bridgehead atoms. The first-order valence-electron chi connectivity index (χ1n) is 6.51. The smallest absolute Gasteiger partial charge is 0.310 e. The molecule has 3 nitrogen and oxygen atoms in total. The zero-order chi connectivity index (χ0) is 13.8. The minimum absolute atomic E-state index is 0.215. The number of nitrogens with one attached hydrogen (secondary N) is 1. The maximum atomic E-state index is 11.5. The first-order chi connectivity index (χ1) is 8.65. The molecule has 0 radical (unpaired) electrons. The van der Waals surface area contributed by atoms with Gasteiger partial charge in [0.05, 0.1) is 13.0 Å². The summed E-state index contributed by atoms with van der Waals surface area (Å²) in [5.41, 5.74) is 1.87. The Balaban J connectivity index is 4.24. The number of hydrogen-bond donors (Lipinski definition) is 1. The largest absolute Gasteiger partial charge is 0.466 e. The topological polar surface area (TPSA) is 38.3 Å². The van der Waals surface area contributed by atoms with Gasteiger partial charge in [0, 0.05) is 0 Å². The second kappa shape index (κ2) is 10.8. The van der Waals surface area contributed by atoms with Gasteiger partial charge < -0.3 is 10.1 Å². The monoisotopic (exact) mass is 251 g/mol. The van der Waals surface area contributed by atoms with Crippen molar-refractivity contribution in [2.45, 2.75) is 33.1 Å². The minimum Gasteiger partial charge on any atom is -0.466 e. The van der Waals surface area contributed by atoms with Gasteiger partial charge in [0.1, 0.15) is 0 Å². The number of ether oxygens (including phenoxy) is 1. The highest BCUT2D eigenvalue weighted by molar-refractivity contribution is 5.74. The van der Waals surface area contributed by atoms with E-state index in [1.54, 1.807) is 13.0 Å². The van der Waals surface area contributed by atoms with Gasteiger partial charge in [-0.15, -0.1) is 0 Å². The normalized spacial score (nSPS) is 11.1. The van der Waals surface area contributed by atoms with E-state index >= 15 is 0 Å². The SMILES string of the molecule is C=C/C=C(/CC(=O)OCC)C(=C)CCNCCC. The van der Waals surface area contributed by atoms with Gasteiger partial charge in [-0.3, -0.25) is 4.79 Å². The summed E-state index contributed by atoms with van der Waals surface area (Å²) >= 11 is 0. The summed E-state index contributed by atoms with van der Waals surface area (Å²) in [5.74, 6) is -0.215. The van der Waals surface area contributed by atoms with Crippen LogP contribution in [-0.4, -0.2) is 25.7 Å². The highest BCUT2D eigenvalue weighted by Gasteiger charge is 2.09. The summed E-state index contributed by atoms with van der Waals surface area (Å²) in [7, 11) is 0. The van der Waals surface area contributed by atoms with Crippen molar-refractivity contribution >= 4 is 5.97 Å². The van der Waals surface area contributed by atoms with Gasteiger partial charge >= 0.3 is 5.97 Å². The van der Waals surface area contributed by atoms with E-state index in [4.69, 9.17) is 4.74 Å². The first-order valence-corrected chi connectivity index (χ1v) is 6.51. The van der Waals surface area contributed by atoms with Crippen molar-refractivity contribution in [2.75, 3.05) is 19.7 Å². The van der Waals surface area contributed by atoms with Crippen LogP contribution in [-0.2, 0) is 9.53 Å². The van der Waals surface area contributed by atoms with Gasteiger partial charge in [0.25, 0.3) is 0 Å². The number of rotatable bonds is 10. The van der Waals surface area contributed by atoms with Crippen LogP contribution in [0.2, 0.25) is 0 Å². The molecular formula is C15H25NO2. The Labute approximate surface area is 111 Å². The second-order valence-corrected chi connectivity index (χ2v) is 4.01. The number of esters is 1.